The van der Waals surface area contributed by atoms with Crippen molar-refractivity contribution in [3.05, 3.63) is 40.2 Å². The summed E-state index contributed by atoms with van der Waals surface area (Å²) >= 11 is 0. The molecule has 152 valence electrons. The van der Waals surface area contributed by atoms with Gasteiger partial charge in [-0.05, 0) is 37.7 Å². The second-order valence-electron chi connectivity index (χ2n) is 8.92. The third-order valence-corrected chi connectivity index (χ3v) is 5.67. The van der Waals surface area contributed by atoms with Gasteiger partial charge < -0.3 is 14.5 Å². The van der Waals surface area contributed by atoms with Crippen LogP contribution >= 0.6 is 0 Å². The largest absolute Gasteiger partial charge is 0.348 e. The number of hydrogen-bond acceptors (Lipinski definition) is 3. The van der Waals surface area contributed by atoms with Gasteiger partial charge in [-0.25, -0.2) is 4.98 Å². The van der Waals surface area contributed by atoms with E-state index in [-0.39, 0.29) is 23.5 Å². The highest BCUT2D eigenvalue weighted by Gasteiger charge is 2.37. The lowest BCUT2D eigenvalue weighted by Crippen LogP contribution is -2.30. The van der Waals surface area contributed by atoms with Gasteiger partial charge in [-0.2, -0.15) is 0 Å². The van der Waals surface area contributed by atoms with Gasteiger partial charge in [0.2, 0.25) is 5.91 Å². The number of carbonyl (C=O) groups is 2. The topological polar surface area (TPSA) is 71.0 Å². The number of likely N-dealkylation sites (N-methyl/N-ethyl adjacent to an activating group) is 1. The van der Waals surface area contributed by atoms with E-state index in [9.17, 15) is 9.59 Å². The summed E-state index contributed by atoms with van der Waals surface area (Å²) in [7, 11) is 1.79. The molecule has 0 aromatic carbocycles. The third-order valence-electron chi connectivity index (χ3n) is 5.67. The molecule has 0 saturated carbocycles. The molecule has 0 fully saturated rings. The number of nitrogens with one attached hydrogen (secondary N) is 1. The Kier molecular flexibility index (Phi) is 5.50. The maximum Gasteiger partial charge on any atom is 0.227 e. The van der Waals surface area contributed by atoms with Gasteiger partial charge in [0.15, 0.2) is 5.78 Å². The Labute approximate surface area is 167 Å². The molecular formula is C22H32N4O2. The third kappa shape index (κ3) is 3.91. The van der Waals surface area contributed by atoms with Crippen LogP contribution in [0.5, 0.6) is 0 Å². The minimum atomic E-state index is -0.0322. The van der Waals surface area contributed by atoms with E-state index in [0.29, 0.717) is 13.0 Å². The first kappa shape index (κ1) is 20.4. The summed E-state index contributed by atoms with van der Waals surface area (Å²) < 4.78 is 2.27. The van der Waals surface area contributed by atoms with Gasteiger partial charge in [-0.3, -0.25) is 9.59 Å². The van der Waals surface area contributed by atoms with E-state index in [1.807, 2.05) is 13.8 Å². The Morgan fingerprint density at radius 1 is 1.32 bits per heavy atom. The van der Waals surface area contributed by atoms with Crippen molar-refractivity contribution in [2.24, 2.45) is 5.41 Å². The predicted octanol–water partition coefficient (Wildman–Crippen LogP) is 3.59. The lowest BCUT2D eigenvalue weighted by molar-refractivity contribution is -0.129. The van der Waals surface area contributed by atoms with Gasteiger partial charge in [0, 0.05) is 48.9 Å². The molecule has 6 nitrogen and oxygen atoms in total. The maximum absolute atomic E-state index is 13.0. The van der Waals surface area contributed by atoms with Crippen molar-refractivity contribution in [1.82, 2.24) is 19.4 Å². The van der Waals surface area contributed by atoms with Crippen LogP contribution in [0.1, 0.15) is 72.4 Å². The van der Waals surface area contributed by atoms with E-state index in [4.69, 9.17) is 0 Å². The van der Waals surface area contributed by atoms with Gasteiger partial charge in [0.25, 0.3) is 0 Å². The Bertz CT molecular complexity index is 904. The quantitative estimate of drug-likeness (QED) is 0.827. The van der Waals surface area contributed by atoms with Crippen LogP contribution < -0.4 is 0 Å². The first-order valence-electron chi connectivity index (χ1n) is 10.1. The fraction of sp³-hybridized carbons (Fsp3) is 0.591. The van der Waals surface area contributed by atoms with Crippen LogP contribution in [-0.2, 0) is 30.7 Å². The highest BCUT2D eigenvalue weighted by atomic mass is 16.2. The monoisotopic (exact) mass is 384 g/mol. The number of rotatable bonds is 6. The lowest BCUT2D eigenvalue weighted by Gasteiger charge is -2.30. The predicted molar refractivity (Wildman–Crippen MR) is 109 cm³/mol. The zero-order valence-corrected chi connectivity index (χ0v) is 18.0. The standard InChI is InChI=1S/C22H32N4O2/c1-7-8-26-15(3)16(21-17(26)10-22(4,5)11-18(21)27)9-20(28)25(6)13-19-23-12-14(2)24-19/h12H,7-11,13H2,1-6H3,(H,23,24). The van der Waals surface area contributed by atoms with Crippen LogP contribution in [0.15, 0.2) is 6.20 Å². The number of fused-ring (bicyclic) bond motifs is 1. The molecule has 3 rings (SSSR count). The Balaban J connectivity index is 1.89. The lowest BCUT2D eigenvalue weighted by atomic mass is 9.75. The Hall–Kier alpha value is -2.37. The number of carbonyl (C=O) groups excluding carboxylic acids is 2. The van der Waals surface area contributed by atoms with Crippen molar-refractivity contribution in [3.63, 3.8) is 0 Å². The van der Waals surface area contributed by atoms with E-state index in [1.54, 1.807) is 18.1 Å². The van der Waals surface area contributed by atoms with E-state index < -0.39 is 0 Å². The van der Waals surface area contributed by atoms with E-state index in [1.165, 1.54) is 0 Å². The van der Waals surface area contributed by atoms with Crippen molar-refractivity contribution in [3.8, 4) is 0 Å². The summed E-state index contributed by atoms with van der Waals surface area (Å²) in [5, 5.41) is 0. The van der Waals surface area contributed by atoms with Crippen LogP contribution in [0.25, 0.3) is 0 Å². The smallest absolute Gasteiger partial charge is 0.227 e. The molecule has 28 heavy (non-hydrogen) atoms. The molecular weight excluding hydrogens is 352 g/mol. The molecule has 0 spiro atoms. The summed E-state index contributed by atoms with van der Waals surface area (Å²) in [5.74, 6) is 0.955. The van der Waals surface area contributed by atoms with E-state index >= 15 is 0 Å². The van der Waals surface area contributed by atoms with Crippen LogP contribution in [0, 0.1) is 19.3 Å². The maximum atomic E-state index is 13.0. The molecule has 0 unspecified atom stereocenters. The van der Waals surface area contributed by atoms with Gasteiger partial charge in [0.05, 0.1) is 13.0 Å². The number of aromatic amines is 1. The van der Waals surface area contributed by atoms with Crippen LogP contribution in [0.3, 0.4) is 0 Å². The SMILES string of the molecule is CCCn1c(C)c(CC(=O)N(C)Cc2ncc(C)[nH]2)c2c1CC(C)(C)CC2=O. The summed E-state index contributed by atoms with van der Waals surface area (Å²) in [6, 6.07) is 0. The van der Waals surface area contributed by atoms with Crippen molar-refractivity contribution < 1.29 is 9.59 Å². The highest BCUT2D eigenvalue weighted by Crippen LogP contribution is 2.39. The average molecular weight is 385 g/mol. The van der Waals surface area contributed by atoms with Gasteiger partial charge in [-0.1, -0.05) is 20.8 Å². The molecule has 0 atom stereocenters. The molecule has 1 aliphatic carbocycles. The summed E-state index contributed by atoms with van der Waals surface area (Å²) in [6.07, 6.45) is 4.44. The molecule has 1 N–H and O–H groups in total. The number of nitrogens with zero attached hydrogens (tertiary/aromatic N) is 3. The molecule has 6 heteroatoms. The molecule has 0 saturated heterocycles. The molecule has 2 aromatic rings. The summed E-state index contributed by atoms with van der Waals surface area (Å²) in [4.78, 5) is 35.0. The second-order valence-corrected chi connectivity index (χ2v) is 8.92. The minimum absolute atomic E-state index is 0.00577. The van der Waals surface area contributed by atoms with Crippen molar-refractivity contribution in [1.29, 1.82) is 0 Å². The number of imidazole rings is 1. The zero-order chi connectivity index (χ0) is 20.6. The molecule has 2 aromatic heterocycles. The number of aryl methyl sites for hydroxylation is 1. The zero-order valence-electron chi connectivity index (χ0n) is 18.0. The fourth-order valence-corrected chi connectivity index (χ4v) is 4.30. The minimum Gasteiger partial charge on any atom is -0.348 e. The van der Waals surface area contributed by atoms with E-state index in [2.05, 4.69) is 35.3 Å². The molecule has 0 bridgehead atoms. The molecule has 1 amide bonds. The second kappa shape index (κ2) is 7.57. The van der Waals surface area contributed by atoms with Gasteiger partial charge in [-0.15, -0.1) is 0 Å². The molecule has 0 radical (unpaired) electrons. The van der Waals surface area contributed by atoms with E-state index in [0.717, 1.165) is 53.4 Å². The normalized spacial score (nSPS) is 15.6. The van der Waals surface area contributed by atoms with Gasteiger partial charge >= 0.3 is 0 Å². The van der Waals surface area contributed by atoms with Crippen molar-refractivity contribution in [2.45, 2.75) is 73.4 Å². The highest BCUT2D eigenvalue weighted by molar-refractivity contribution is 6.01. The molecule has 1 aliphatic rings. The van der Waals surface area contributed by atoms with Crippen molar-refractivity contribution >= 4 is 11.7 Å². The number of aromatic nitrogens is 3. The Morgan fingerprint density at radius 2 is 2.04 bits per heavy atom. The Morgan fingerprint density at radius 3 is 2.64 bits per heavy atom. The first-order valence-corrected chi connectivity index (χ1v) is 10.1. The number of Topliss-reactive ketones (excluding diaryl/α,β-unsaturated/α-hetero) is 1. The van der Waals surface area contributed by atoms with Gasteiger partial charge in [0.1, 0.15) is 5.82 Å². The number of hydrogen-bond donors (Lipinski definition) is 1. The molecule has 0 aliphatic heterocycles. The average Bonchev–Trinajstić information content (AvgIpc) is 3.10. The fourth-order valence-electron chi connectivity index (χ4n) is 4.30. The summed E-state index contributed by atoms with van der Waals surface area (Å²) in [5.41, 5.74) is 4.85. The number of amides is 1. The van der Waals surface area contributed by atoms with Crippen LogP contribution in [0.4, 0.5) is 0 Å². The number of H-pyrrole nitrogens is 1. The molecule has 2 heterocycles. The van der Waals surface area contributed by atoms with Crippen LogP contribution in [0.2, 0.25) is 0 Å². The van der Waals surface area contributed by atoms with Crippen molar-refractivity contribution in [2.75, 3.05) is 7.05 Å². The number of ketones is 1. The van der Waals surface area contributed by atoms with Crippen LogP contribution in [-0.4, -0.2) is 38.2 Å². The summed E-state index contributed by atoms with van der Waals surface area (Å²) in [6.45, 7) is 11.8. The first-order chi connectivity index (χ1) is 13.1.